The summed E-state index contributed by atoms with van der Waals surface area (Å²) in [5.41, 5.74) is 0. The Balaban J connectivity index is -0.0000000860. The zero-order valence-electron chi connectivity index (χ0n) is 15.9. The molecular weight excluding hydrogens is 418 g/mol. The number of hydrogen-bond acceptors (Lipinski definition) is 6. The summed E-state index contributed by atoms with van der Waals surface area (Å²) in [7, 11) is 0. The number of nitrogens with zero attached hydrogens (tertiary/aromatic N) is 2. The molecule has 0 fully saturated rings. The van der Waals surface area contributed by atoms with Gasteiger partial charge in [0.05, 0.1) is 26.2 Å². The summed E-state index contributed by atoms with van der Waals surface area (Å²) in [4.78, 5) is 44.4. The Morgan fingerprint density at radius 3 is 0.880 bits per heavy atom. The van der Waals surface area contributed by atoms with Crippen LogP contribution in [0.25, 0.3) is 0 Å². The maximum absolute atomic E-state index is 10.6. The summed E-state index contributed by atoms with van der Waals surface area (Å²) in [6.07, 6.45) is 0. The summed E-state index contributed by atoms with van der Waals surface area (Å²) in [5, 5.41) is 34.5. The van der Waals surface area contributed by atoms with E-state index in [1.807, 2.05) is 0 Å². The van der Waals surface area contributed by atoms with E-state index in [9.17, 15) is 19.2 Å². The molecule has 8 N–H and O–H groups in total. The van der Waals surface area contributed by atoms with Crippen molar-refractivity contribution in [1.29, 1.82) is 0 Å². The molecule has 0 heterocycles. The molecule has 0 atom stereocenters. The van der Waals surface area contributed by atoms with Crippen LogP contribution in [0.5, 0.6) is 0 Å². The Morgan fingerprint density at radius 1 is 0.600 bits per heavy atom. The van der Waals surface area contributed by atoms with Crippen molar-refractivity contribution in [2.24, 2.45) is 0 Å². The van der Waals surface area contributed by atoms with Crippen molar-refractivity contribution in [3.05, 3.63) is 0 Å². The Kier molecular flexibility index (Phi) is 35.7. The van der Waals surface area contributed by atoms with Crippen LogP contribution >= 0.6 is 0 Å². The third-order valence-corrected chi connectivity index (χ3v) is 2.17. The first-order valence-corrected chi connectivity index (χ1v) is 5.52. The Hall–Kier alpha value is 0.239. The van der Waals surface area contributed by atoms with Crippen molar-refractivity contribution in [1.82, 2.24) is 9.80 Å². The predicted octanol–water partition coefficient (Wildman–Crippen LogP) is -9.49. The smallest absolute Gasteiger partial charge is 1.00 e. The van der Waals surface area contributed by atoms with Crippen molar-refractivity contribution in [2.45, 2.75) is 0 Å². The number of rotatable bonds is 11. The molecule has 0 unspecified atom stereocenters. The molecule has 0 aliphatic carbocycles. The number of carboxylic acid groups (broad SMARTS) is 4. The van der Waals surface area contributed by atoms with E-state index in [2.05, 4.69) is 0 Å². The van der Waals surface area contributed by atoms with Gasteiger partial charge in [0.15, 0.2) is 0 Å². The number of carbonyl (C=O) groups is 4. The molecule has 0 saturated heterocycles. The van der Waals surface area contributed by atoms with E-state index in [4.69, 9.17) is 20.4 Å². The molecule has 0 rings (SSSR count). The molecule has 0 aromatic rings. The molecule has 0 aliphatic heterocycles. The molecule has 25 heavy (non-hydrogen) atoms. The first-order valence-electron chi connectivity index (χ1n) is 5.52. The number of carboxylic acids is 4. The van der Waals surface area contributed by atoms with E-state index in [1.165, 1.54) is 0 Å². The van der Waals surface area contributed by atoms with Crippen molar-refractivity contribution >= 4 is 23.9 Å². The minimum absolute atomic E-state index is 0. The molecule has 0 amide bonds. The van der Waals surface area contributed by atoms with Crippen LogP contribution in [0, 0.1) is 0 Å². The van der Waals surface area contributed by atoms with Crippen LogP contribution in [-0.4, -0.2) is 104 Å². The second-order valence-corrected chi connectivity index (χ2v) is 4.00. The van der Waals surface area contributed by atoms with Gasteiger partial charge in [-0.3, -0.25) is 29.0 Å². The standard InChI is InChI=1S/C10H16N2O8.Cu.2Na.2H2O.2H/c13-7(14)3-11(4-8(15)16)1-2-12(5-9(17)18)6-10(19)20;;;;;;;/h1-6H2,(H,13,14)(H,15,16)(H,17,18)(H,19,20);;;;2*1H2;;/q;;2*+1;;;2*-1. The largest absolute Gasteiger partial charge is 1.00 e. The van der Waals surface area contributed by atoms with Crippen LogP contribution in [0.1, 0.15) is 2.85 Å². The van der Waals surface area contributed by atoms with E-state index >= 15 is 0 Å². The second kappa shape index (κ2) is 22.3. The molecule has 0 aromatic heterocycles. The van der Waals surface area contributed by atoms with Gasteiger partial charge in [-0.05, 0) is 0 Å². The van der Waals surface area contributed by atoms with Crippen molar-refractivity contribution in [2.75, 3.05) is 39.3 Å². The second-order valence-electron chi connectivity index (χ2n) is 4.00. The molecule has 15 heteroatoms. The predicted molar refractivity (Wildman–Crippen MR) is 72.9 cm³/mol. The fourth-order valence-electron chi connectivity index (χ4n) is 1.48. The zero-order valence-corrected chi connectivity index (χ0v) is 18.8. The summed E-state index contributed by atoms with van der Waals surface area (Å²) < 4.78 is 0. The van der Waals surface area contributed by atoms with Crippen molar-refractivity contribution < 1.29 is 130 Å². The average Bonchev–Trinajstić information content (AvgIpc) is 2.22. The van der Waals surface area contributed by atoms with E-state index in [1.54, 1.807) is 0 Å². The first-order chi connectivity index (χ1) is 9.20. The van der Waals surface area contributed by atoms with Gasteiger partial charge in [0.2, 0.25) is 0 Å². The molecule has 145 valence electrons. The van der Waals surface area contributed by atoms with Gasteiger partial charge in [0, 0.05) is 30.2 Å². The van der Waals surface area contributed by atoms with Gasteiger partial charge in [-0.1, -0.05) is 0 Å². The molecular formula is C10H22CuN2Na2O10. The molecule has 0 aromatic carbocycles. The minimum Gasteiger partial charge on any atom is -1.00 e. The van der Waals surface area contributed by atoms with E-state index in [0.29, 0.717) is 0 Å². The fraction of sp³-hybridized carbons (Fsp3) is 0.600. The monoisotopic (exact) mass is 439 g/mol. The van der Waals surface area contributed by atoms with Crippen LogP contribution in [-0.2, 0) is 36.2 Å². The minimum atomic E-state index is -1.23. The maximum Gasteiger partial charge on any atom is 1.00 e. The Morgan fingerprint density at radius 2 is 0.760 bits per heavy atom. The van der Waals surface area contributed by atoms with Gasteiger partial charge in [-0.2, -0.15) is 0 Å². The maximum atomic E-state index is 10.6. The van der Waals surface area contributed by atoms with E-state index in [-0.39, 0.29) is 103 Å². The van der Waals surface area contributed by atoms with Gasteiger partial charge < -0.3 is 34.2 Å². The summed E-state index contributed by atoms with van der Waals surface area (Å²) in [6, 6.07) is 0. The molecule has 0 spiro atoms. The third kappa shape index (κ3) is 26.6. The van der Waals surface area contributed by atoms with Gasteiger partial charge in [-0.15, -0.1) is 0 Å². The Bertz CT molecular complexity index is 344. The third-order valence-electron chi connectivity index (χ3n) is 2.17. The van der Waals surface area contributed by atoms with Crippen LogP contribution in [0.2, 0.25) is 0 Å². The summed E-state index contributed by atoms with van der Waals surface area (Å²) in [5.74, 6) is -4.91. The molecule has 0 saturated carbocycles. The fourth-order valence-corrected chi connectivity index (χ4v) is 1.48. The topological polar surface area (TPSA) is 219 Å². The molecule has 12 nitrogen and oxygen atoms in total. The normalized spacial score (nSPS) is 8.56. The van der Waals surface area contributed by atoms with Crippen molar-refractivity contribution in [3.8, 4) is 0 Å². The number of hydrogen-bond donors (Lipinski definition) is 4. The van der Waals surface area contributed by atoms with Crippen LogP contribution in [0.4, 0.5) is 0 Å². The quantitative estimate of drug-likeness (QED) is 0.222. The summed E-state index contributed by atoms with van der Waals surface area (Å²) in [6.45, 7) is -2.25. The molecule has 0 bridgehead atoms. The van der Waals surface area contributed by atoms with Gasteiger partial charge in [0.1, 0.15) is 0 Å². The molecule has 0 aliphatic rings. The van der Waals surface area contributed by atoms with Gasteiger partial charge in [0.25, 0.3) is 0 Å². The van der Waals surface area contributed by atoms with Crippen LogP contribution in [0.15, 0.2) is 0 Å². The Labute approximate surface area is 201 Å². The molecule has 1 radical (unpaired) electrons. The summed E-state index contributed by atoms with van der Waals surface area (Å²) >= 11 is 0. The van der Waals surface area contributed by atoms with Crippen LogP contribution in [0.3, 0.4) is 0 Å². The van der Waals surface area contributed by atoms with E-state index < -0.39 is 50.1 Å². The van der Waals surface area contributed by atoms with Crippen molar-refractivity contribution in [3.63, 3.8) is 0 Å². The van der Waals surface area contributed by atoms with Crippen LogP contribution < -0.4 is 59.1 Å². The van der Waals surface area contributed by atoms with Gasteiger partial charge >= 0.3 is 83.0 Å². The first kappa shape index (κ1) is 40.1. The van der Waals surface area contributed by atoms with E-state index in [0.717, 1.165) is 9.80 Å². The SMILES string of the molecule is O.O.O=C(O)CN(CCN(CC(=O)O)CC(=O)O)CC(=O)O.[Cu].[H-].[H-].[Na+].[Na+]. The zero-order chi connectivity index (χ0) is 15.7. The van der Waals surface area contributed by atoms with Gasteiger partial charge in [-0.25, -0.2) is 0 Å². The average molecular weight is 440 g/mol. The number of aliphatic carboxylic acids is 4.